The van der Waals surface area contributed by atoms with Gasteiger partial charge in [-0.1, -0.05) is 0 Å². The lowest BCUT2D eigenvalue weighted by Crippen LogP contribution is -2.51. The molecule has 0 bridgehead atoms. The fourth-order valence-corrected chi connectivity index (χ4v) is 4.62. The van der Waals surface area contributed by atoms with Gasteiger partial charge >= 0.3 is 6.18 Å². The molecule has 0 saturated carbocycles. The molecule has 144 valence electrons. The molecular formula is C16H16F3N5O2S. The van der Waals surface area contributed by atoms with Gasteiger partial charge in [0.15, 0.2) is 0 Å². The normalized spacial score (nSPS) is 16.7. The first-order valence-corrected chi connectivity index (χ1v) is 9.85. The first-order valence-electron chi connectivity index (χ1n) is 8.24. The molecule has 11 heteroatoms. The van der Waals surface area contributed by atoms with Crippen molar-refractivity contribution >= 4 is 21.1 Å². The van der Waals surface area contributed by atoms with Gasteiger partial charge < -0.3 is 4.98 Å². The summed E-state index contributed by atoms with van der Waals surface area (Å²) in [7, 11) is -3.90. The van der Waals surface area contributed by atoms with Crippen molar-refractivity contribution in [2.24, 2.45) is 0 Å². The Bertz CT molecular complexity index is 1070. The van der Waals surface area contributed by atoms with E-state index in [2.05, 4.69) is 15.1 Å². The summed E-state index contributed by atoms with van der Waals surface area (Å²) in [5, 5.41) is 5.24. The number of sulfonamides is 1. The summed E-state index contributed by atoms with van der Waals surface area (Å²) in [5.41, 5.74) is 2.56. The van der Waals surface area contributed by atoms with E-state index in [9.17, 15) is 21.6 Å². The van der Waals surface area contributed by atoms with Crippen LogP contribution < -0.4 is 0 Å². The maximum absolute atomic E-state index is 12.3. The van der Waals surface area contributed by atoms with Crippen LogP contribution in [0.2, 0.25) is 0 Å². The average Bonchev–Trinajstić information content (AvgIpc) is 3.19. The van der Waals surface area contributed by atoms with Crippen LogP contribution in [0.5, 0.6) is 0 Å². The number of halogens is 3. The number of H-pyrrole nitrogens is 1. The summed E-state index contributed by atoms with van der Waals surface area (Å²) in [6, 6.07) is 3.59. The minimum Gasteiger partial charge on any atom is -0.346 e. The Balaban J connectivity index is 1.45. The zero-order chi connectivity index (χ0) is 19.2. The Morgan fingerprint density at radius 2 is 2.04 bits per heavy atom. The highest BCUT2D eigenvalue weighted by Crippen LogP contribution is 2.30. The highest BCUT2D eigenvalue weighted by molar-refractivity contribution is 7.89. The number of pyridine rings is 1. The van der Waals surface area contributed by atoms with Gasteiger partial charge in [0.1, 0.15) is 5.65 Å². The van der Waals surface area contributed by atoms with E-state index in [4.69, 9.17) is 0 Å². The van der Waals surface area contributed by atoms with Gasteiger partial charge in [0.2, 0.25) is 10.0 Å². The molecule has 0 spiro atoms. The van der Waals surface area contributed by atoms with Crippen LogP contribution in [0.15, 0.2) is 36.9 Å². The molecule has 0 amide bonds. The molecule has 0 atom stereocenters. The molecule has 0 radical (unpaired) electrons. The lowest BCUT2D eigenvalue weighted by Gasteiger charge is -2.38. The van der Waals surface area contributed by atoms with E-state index < -0.39 is 28.4 Å². The minimum atomic E-state index is -4.48. The molecule has 0 unspecified atom stereocenters. The van der Waals surface area contributed by atoms with E-state index in [-0.39, 0.29) is 19.1 Å². The maximum atomic E-state index is 12.3. The van der Waals surface area contributed by atoms with Gasteiger partial charge in [-0.05, 0) is 17.7 Å². The van der Waals surface area contributed by atoms with Crippen LogP contribution in [-0.2, 0) is 10.0 Å². The second-order valence-electron chi connectivity index (χ2n) is 6.46. The topological polar surface area (TPSA) is 83.9 Å². The van der Waals surface area contributed by atoms with Gasteiger partial charge in [0, 0.05) is 42.6 Å². The van der Waals surface area contributed by atoms with Crippen molar-refractivity contribution in [1.29, 1.82) is 0 Å². The molecule has 1 N–H and O–H groups in total. The van der Waals surface area contributed by atoms with Crippen LogP contribution in [0.4, 0.5) is 13.2 Å². The summed E-state index contributed by atoms with van der Waals surface area (Å²) in [6.07, 6.45) is 1.15. The number of alkyl halides is 3. The third kappa shape index (κ3) is 3.56. The first kappa shape index (κ1) is 18.0. The second kappa shape index (κ2) is 6.34. The van der Waals surface area contributed by atoms with Crippen LogP contribution in [0.25, 0.3) is 22.2 Å². The molecule has 1 saturated heterocycles. The number of rotatable bonds is 5. The SMILES string of the molecule is O=S(=O)(CCC(F)(F)F)N1CC(n2cc(-c3ccnc4[nH]ccc34)cn2)C1. The number of aromatic amines is 1. The molecule has 4 heterocycles. The highest BCUT2D eigenvalue weighted by Gasteiger charge is 2.39. The van der Waals surface area contributed by atoms with Crippen LogP contribution in [0, 0.1) is 0 Å². The van der Waals surface area contributed by atoms with Gasteiger partial charge in [-0.25, -0.2) is 13.4 Å². The van der Waals surface area contributed by atoms with Crippen molar-refractivity contribution in [2.75, 3.05) is 18.8 Å². The lowest BCUT2D eigenvalue weighted by atomic mass is 10.1. The van der Waals surface area contributed by atoms with Gasteiger partial charge in [-0.3, -0.25) is 4.68 Å². The molecule has 0 aromatic carbocycles. The fourth-order valence-electron chi connectivity index (χ4n) is 3.07. The number of hydrogen-bond donors (Lipinski definition) is 1. The molecule has 4 rings (SSSR count). The second-order valence-corrected chi connectivity index (χ2v) is 8.55. The van der Waals surface area contributed by atoms with E-state index in [0.717, 1.165) is 26.5 Å². The molecule has 7 nitrogen and oxygen atoms in total. The number of hydrogen-bond acceptors (Lipinski definition) is 4. The van der Waals surface area contributed by atoms with Crippen LogP contribution >= 0.6 is 0 Å². The first-order chi connectivity index (χ1) is 12.7. The summed E-state index contributed by atoms with van der Waals surface area (Å²) in [6.45, 7) is 0.244. The van der Waals surface area contributed by atoms with Gasteiger partial charge in [0.25, 0.3) is 0 Å². The molecule has 27 heavy (non-hydrogen) atoms. The molecule has 1 aliphatic rings. The Labute approximate surface area is 152 Å². The monoisotopic (exact) mass is 399 g/mol. The molecule has 0 aliphatic carbocycles. The summed E-state index contributed by atoms with van der Waals surface area (Å²) in [4.78, 5) is 7.27. The van der Waals surface area contributed by atoms with Gasteiger partial charge in [-0.2, -0.15) is 22.6 Å². The number of aromatic nitrogens is 4. The van der Waals surface area contributed by atoms with E-state index >= 15 is 0 Å². The number of nitrogens with one attached hydrogen (secondary N) is 1. The van der Waals surface area contributed by atoms with Crippen molar-refractivity contribution in [2.45, 2.75) is 18.6 Å². The fraction of sp³-hybridized carbons (Fsp3) is 0.375. The quantitative estimate of drug-likeness (QED) is 0.715. The Hall–Kier alpha value is -2.40. The Morgan fingerprint density at radius 3 is 2.78 bits per heavy atom. The Morgan fingerprint density at radius 1 is 1.26 bits per heavy atom. The minimum absolute atomic E-state index is 0.122. The van der Waals surface area contributed by atoms with Gasteiger partial charge in [-0.15, -0.1) is 0 Å². The molecular weight excluding hydrogens is 383 g/mol. The van der Waals surface area contributed by atoms with Crippen molar-refractivity contribution < 1.29 is 21.6 Å². The third-order valence-electron chi connectivity index (χ3n) is 4.61. The predicted octanol–water partition coefficient (Wildman–Crippen LogP) is 2.57. The van der Waals surface area contributed by atoms with Crippen LogP contribution in [0.1, 0.15) is 12.5 Å². The smallest absolute Gasteiger partial charge is 0.346 e. The Kier molecular flexibility index (Phi) is 4.22. The van der Waals surface area contributed by atoms with E-state index in [0.29, 0.717) is 0 Å². The largest absolute Gasteiger partial charge is 0.390 e. The highest BCUT2D eigenvalue weighted by atomic mass is 32.2. The number of fused-ring (bicyclic) bond motifs is 1. The van der Waals surface area contributed by atoms with Crippen molar-refractivity contribution in [1.82, 2.24) is 24.1 Å². The molecule has 1 fully saturated rings. The third-order valence-corrected chi connectivity index (χ3v) is 6.42. The van der Waals surface area contributed by atoms with E-state index in [1.807, 2.05) is 18.3 Å². The standard InChI is InChI=1S/C16H16F3N5O2S/c17-16(18,19)3-6-27(25,26)23-9-12(10-23)24-8-11(7-22-24)13-1-4-20-15-14(13)2-5-21-15/h1-2,4-5,7-8,12H,3,6,9-10H2,(H,20,21). The molecule has 1 aliphatic heterocycles. The predicted molar refractivity (Wildman–Crippen MR) is 92.4 cm³/mol. The van der Waals surface area contributed by atoms with Gasteiger partial charge in [0.05, 0.1) is 24.4 Å². The molecule has 3 aromatic heterocycles. The summed E-state index contributed by atoms with van der Waals surface area (Å²) in [5.74, 6) is -0.921. The zero-order valence-corrected chi connectivity index (χ0v) is 14.8. The van der Waals surface area contributed by atoms with Crippen LogP contribution in [0.3, 0.4) is 0 Å². The summed E-state index contributed by atoms with van der Waals surface area (Å²) < 4.78 is 63.4. The van der Waals surface area contributed by atoms with Crippen molar-refractivity contribution in [3.8, 4) is 11.1 Å². The summed E-state index contributed by atoms with van der Waals surface area (Å²) >= 11 is 0. The van der Waals surface area contributed by atoms with Crippen molar-refractivity contribution in [3.05, 3.63) is 36.9 Å². The average molecular weight is 399 g/mol. The number of nitrogens with zero attached hydrogens (tertiary/aromatic N) is 4. The lowest BCUT2D eigenvalue weighted by molar-refractivity contribution is -0.130. The van der Waals surface area contributed by atoms with Crippen molar-refractivity contribution in [3.63, 3.8) is 0 Å². The van der Waals surface area contributed by atoms with Crippen LogP contribution in [-0.4, -0.2) is 57.5 Å². The maximum Gasteiger partial charge on any atom is 0.390 e. The van der Waals surface area contributed by atoms with E-state index in [1.165, 1.54) is 0 Å². The zero-order valence-electron chi connectivity index (χ0n) is 14.0. The molecule has 3 aromatic rings. The van der Waals surface area contributed by atoms with E-state index in [1.54, 1.807) is 23.3 Å².